The number of nitrogens with two attached hydrogens (primary N) is 1. The van der Waals surface area contributed by atoms with E-state index in [9.17, 15) is 4.79 Å². The molecule has 2 bridgehead atoms. The molecule has 1 aromatic heterocycles. The van der Waals surface area contributed by atoms with Crippen molar-refractivity contribution in [1.29, 1.82) is 0 Å². The monoisotopic (exact) mass is 290 g/mol. The number of nitrogens with zero attached hydrogens (tertiary/aromatic N) is 2. The van der Waals surface area contributed by atoms with E-state index in [4.69, 9.17) is 5.73 Å². The van der Waals surface area contributed by atoms with Gasteiger partial charge in [-0.3, -0.25) is 9.48 Å². The Morgan fingerprint density at radius 1 is 1.52 bits per heavy atom. The molecule has 3 rings (SSSR count). The van der Waals surface area contributed by atoms with Crippen LogP contribution >= 0.6 is 0 Å². The lowest BCUT2D eigenvalue weighted by atomic mass is 9.69. The molecule has 1 heterocycles. The summed E-state index contributed by atoms with van der Waals surface area (Å²) in [5.74, 6) is 0.577. The predicted molar refractivity (Wildman–Crippen MR) is 82.8 cm³/mol. The molecule has 1 amide bonds. The number of nitrogens with one attached hydrogen (secondary N) is 1. The number of hydrogen-bond acceptors (Lipinski definition) is 3. The number of hydrogen-bond donors (Lipinski definition) is 2. The van der Waals surface area contributed by atoms with Crippen molar-refractivity contribution in [2.24, 2.45) is 16.7 Å². The third-order valence-corrected chi connectivity index (χ3v) is 6.43. The molecule has 3 unspecified atom stereocenters. The van der Waals surface area contributed by atoms with Gasteiger partial charge in [-0.2, -0.15) is 5.10 Å². The van der Waals surface area contributed by atoms with Gasteiger partial charge in [-0.25, -0.2) is 0 Å². The minimum Gasteiger partial charge on any atom is -0.396 e. The number of carbonyl (C=O) groups is 1. The maximum Gasteiger partial charge on any atom is 0.274 e. The zero-order valence-corrected chi connectivity index (χ0v) is 13.4. The summed E-state index contributed by atoms with van der Waals surface area (Å²) in [4.78, 5) is 12.5. The van der Waals surface area contributed by atoms with Crippen molar-refractivity contribution < 1.29 is 4.79 Å². The highest BCUT2D eigenvalue weighted by Gasteiger charge is 2.61. The van der Waals surface area contributed by atoms with E-state index < -0.39 is 0 Å². The lowest BCUT2D eigenvalue weighted by molar-refractivity contribution is 0.0821. The summed E-state index contributed by atoms with van der Waals surface area (Å²) in [5, 5.41) is 7.48. The average molecular weight is 290 g/mol. The maximum atomic E-state index is 12.5. The zero-order valence-electron chi connectivity index (χ0n) is 13.4. The van der Waals surface area contributed by atoms with Crippen molar-refractivity contribution in [3.05, 3.63) is 11.9 Å². The largest absolute Gasteiger partial charge is 0.396 e. The molecule has 0 saturated heterocycles. The van der Waals surface area contributed by atoms with Crippen LogP contribution in [0.4, 0.5) is 5.69 Å². The van der Waals surface area contributed by atoms with Crippen LogP contribution in [0.2, 0.25) is 0 Å². The molecule has 3 N–H and O–H groups in total. The molecule has 3 atom stereocenters. The van der Waals surface area contributed by atoms with E-state index in [2.05, 4.69) is 31.2 Å². The van der Waals surface area contributed by atoms with E-state index in [1.165, 1.54) is 12.8 Å². The lowest BCUT2D eigenvalue weighted by Gasteiger charge is -2.39. The summed E-state index contributed by atoms with van der Waals surface area (Å²) < 4.78 is 1.71. The Balaban J connectivity index is 1.79. The van der Waals surface area contributed by atoms with Crippen LogP contribution in [0.15, 0.2) is 6.20 Å². The Morgan fingerprint density at radius 2 is 2.24 bits per heavy atom. The van der Waals surface area contributed by atoms with Gasteiger partial charge < -0.3 is 11.1 Å². The standard InChI is InChI=1S/C16H26N4O/c1-5-20-9-11(17)13(19-20)14(21)18-12-8-10-6-7-16(12,4)15(10,2)3/h9-10,12H,5-8,17H2,1-4H3,(H,18,21). The van der Waals surface area contributed by atoms with Gasteiger partial charge in [0.2, 0.25) is 0 Å². The zero-order chi connectivity index (χ0) is 15.4. The summed E-state index contributed by atoms with van der Waals surface area (Å²) in [7, 11) is 0. The third-order valence-electron chi connectivity index (χ3n) is 6.43. The third kappa shape index (κ3) is 1.89. The van der Waals surface area contributed by atoms with E-state index >= 15 is 0 Å². The SMILES string of the molecule is CCn1cc(N)c(C(=O)NC2CC3CCC2(C)C3(C)C)n1. The number of fused-ring (bicyclic) bond motifs is 2. The molecule has 116 valence electrons. The second-order valence-corrected chi connectivity index (χ2v) is 7.43. The van der Waals surface area contributed by atoms with Crippen molar-refractivity contribution in [2.75, 3.05) is 5.73 Å². The highest BCUT2D eigenvalue weighted by molar-refractivity contribution is 5.97. The van der Waals surface area contributed by atoms with Crippen LogP contribution in [0.3, 0.4) is 0 Å². The van der Waals surface area contributed by atoms with Crippen molar-refractivity contribution in [1.82, 2.24) is 15.1 Å². The van der Waals surface area contributed by atoms with Crippen LogP contribution in [-0.4, -0.2) is 21.7 Å². The molecule has 0 radical (unpaired) electrons. The minimum atomic E-state index is -0.130. The van der Waals surface area contributed by atoms with Gasteiger partial charge in [-0.05, 0) is 42.9 Å². The van der Waals surface area contributed by atoms with E-state index in [1.807, 2.05) is 6.92 Å². The molecule has 0 aromatic carbocycles. The normalized spacial score (nSPS) is 33.3. The van der Waals surface area contributed by atoms with Crippen molar-refractivity contribution in [3.8, 4) is 0 Å². The first-order chi connectivity index (χ1) is 9.79. The van der Waals surface area contributed by atoms with Gasteiger partial charge >= 0.3 is 0 Å². The summed E-state index contributed by atoms with van der Waals surface area (Å²) in [6.07, 6.45) is 5.27. The van der Waals surface area contributed by atoms with Gasteiger partial charge in [0.05, 0.1) is 5.69 Å². The molecule has 2 saturated carbocycles. The molecule has 2 aliphatic carbocycles. The molecule has 5 heteroatoms. The van der Waals surface area contributed by atoms with E-state index in [0.717, 1.165) is 6.42 Å². The predicted octanol–water partition coefficient (Wildman–Crippen LogP) is 2.43. The quantitative estimate of drug-likeness (QED) is 0.898. The summed E-state index contributed by atoms with van der Waals surface area (Å²) in [5.41, 5.74) is 7.20. The van der Waals surface area contributed by atoms with E-state index in [-0.39, 0.29) is 17.4 Å². The maximum absolute atomic E-state index is 12.5. The summed E-state index contributed by atoms with van der Waals surface area (Å²) in [6.45, 7) is 9.70. The van der Waals surface area contributed by atoms with Crippen molar-refractivity contribution >= 4 is 11.6 Å². The molecule has 0 aliphatic heterocycles. The Bertz CT molecular complexity index is 577. The number of aryl methyl sites for hydroxylation is 1. The molecule has 2 aliphatic rings. The number of aromatic nitrogens is 2. The second-order valence-electron chi connectivity index (χ2n) is 7.43. The molecule has 21 heavy (non-hydrogen) atoms. The number of rotatable bonds is 3. The summed E-state index contributed by atoms with van der Waals surface area (Å²) in [6, 6.07) is 0.227. The van der Waals surface area contributed by atoms with E-state index in [1.54, 1.807) is 10.9 Å². The topological polar surface area (TPSA) is 72.9 Å². The van der Waals surface area contributed by atoms with Crippen molar-refractivity contribution in [3.63, 3.8) is 0 Å². The molecular weight excluding hydrogens is 264 g/mol. The number of carbonyl (C=O) groups excluding carboxylic acids is 1. The summed E-state index contributed by atoms with van der Waals surface area (Å²) >= 11 is 0. The number of anilines is 1. The van der Waals surface area contributed by atoms with Crippen LogP contribution in [0.5, 0.6) is 0 Å². The Hall–Kier alpha value is -1.52. The van der Waals surface area contributed by atoms with Gasteiger partial charge in [0.1, 0.15) is 0 Å². The van der Waals surface area contributed by atoms with E-state index in [0.29, 0.717) is 29.3 Å². The molecule has 0 spiro atoms. The van der Waals surface area contributed by atoms with Crippen molar-refractivity contribution in [2.45, 2.75) is 59.5 Å². The number of nitrogen functional groups attached to an aromatic ring is 1. The first-order valence-corrected chi connectivity index (χ1v) is 7.93. The van der Waals surface area contributed by atoms with Crippen LogP contribution in [0.1, 0.15) is 57.4 Å². The van der Waals surface area contributed by atoms with Gasteiger partial charge in [-0.15, -0.1) is 0 Å². The van der Waals surface area contributed by atoms with Gasteiger partial charge in [0.15, 0.2) is 5.69 Å². The molecule has 1 aromatic rings. The van der Waals surface area contributed by atoms with Crippen LogP contribution in [0, 0.1) is 16.7 Å². The Kier molecular flexibility index (Phi) is 3.08. The fourth-order valence-electron chi connectivity index (χ4n) is 4.42. The Labute approximate surface area is 126 Å². The Morgan fingerprint density at radius 3 is 2.71 bits per heavy atom. The van der Waals surface area contributed by atoms with Crippen LogP contribution in [-0.2, 0) is 6.54 Å². The fourth-order valence-corrected chi connectivity index (χ4v) is 4.42. The van der Waals surface area contributed by atoms with Gasteiger partial charge in [0.25, 0.3) is 5.91 Å². The average Bonchev–Trinajstić information content (AvgIpc) is 2.97. The minimum absolute atomic E-state index is 0.130. The van der Waals surface area contributed by atoms with Gasteiger partial charge in [0, 0.05) is 18.8 Å². The first-order valence-electron chi connectivity index (χ1n) is 7.93. The smallest absolute Gasteiger partial charge is 0.274 e. The fraction of sp³-hybridized carbons (Fsp3) is 0.750. The van der Waals surface area contributed by atoms with Crippen LogP contribution in [0.25, 0.3) is 0 Å². The van der Waals surface area contributed by atoms with Crippen LogP contribution < -0.4 is 11.1 Å². The molecule has 2 fully saturated rings. The number of amides is 1. The lowest BCUT2D eigenvalue weighted by Crippen LogP contribution is -2.47. The molecular formula is C16H26N4O. The first kappa shape index (κ1) is 14.4. The highest BCUT2D eigenvalue weighted by Crippen LogP contribution is 2.65. The van der Waals surface area contributed by atoms with Gasteiger partial charge in [-0.1, -0.05) is 20.8 Å². The highest BCUT2D eigenvalue weighted by atomic mass is 16.2. The molecule has 5 nitrogen and oxygen atoms in total. The second kappa shape index (κ2) is 4.49.